The number of piperazine rings is 1. The molecule has 2 aliphatic rings. The smallest absolute Gasteiger partial charge is 0.274 e. The molecule has 1 aromatic heterocycles. The zero-order valence-electron chi connectivity index (χ0n) is 12.4. The summed E-state index contributed by atoms with van der Waals surface area (Å²) < 4.78 is 24.0. The van der Waals surface area contributed by atoms with Crippen LogP contribution in [0.5, 0.6) is 0 Å². The molecule has 0 saturated carbocycles. The summed E-state index contributed by atoms with van der Waals surface area (Å²) in [6.07, 6.45) is 1.44. The van der Waals surface area contributed by atoms with Gasteiger partial charge in [-0.05, 0) is 6.92 Å². The zero-order chi connectivity index (χ0) is 16.1. The van der Waals surface area contributed by atoms with Gasteiger partial charge < -0.3 is 14.8 Å². The van der Waals surface area contributed by atoms with Gasteiger partial charge in [0.15, 0.2) is 9.84 Å². The van der Waals surface area contributed by atoms with E-state index >= 15 is 0 Å². The second-order valence-corrected chi connectivity index (χ2v) is 7.95. The molecule has 22 heavy (non-hydrogen) atoms. The number of aromatic amines is 1. The molecule has 0 radical (unpaired) electrons. The third-order valence-corrected chi connectivity index (χ3v) is 6.07. The average Bonchev–Trinajstić information content (AvgIpc) is 2.98. The first-order valence-corrected chi connectivity index (χ1v) is 8.91. The highest BCUT2D eigenvalue weighted by atomic mass is 32.2. The number of carbonyl (C=O) groups excluding carboxylic acids is 2. The molecule has 2 atom stereocenters. The van der Waals surface area contributed by atoms with Crippen molar-refractivity contribution in [1.82, 2.24) is 19.8 Å². The largest absolute Gasteiger partial charge is 0.348 e. The fraction of sp³-hybridized carbons (Fsp3) is 0.615. The number of sulfone groups is 1. The monoisotopic (exact) mass is 326 g/mol. The number of carbonyl (C=O) groups is 2. The molecule has 2 fully saturated rings. The summed E-state index contributed by atoms with van der Waals surface area (Å²) in [5, 5.41) is 0. The first kappa shape index (κ1) is 15.0. The van der Waals surface area contributed by atoms with Gasteiger partial charge >= 0.3 is 0 Å². The summed E-state index contributed by atoms with van der Waals surface area (Å²) in [4.78, 5) is 34.4. The molecule has 0 aliphatic carbocycles. The maximum atomic E-state index is 12.7. The average molecular weight is 326 g/mol. The SMILES string of the molecule is CC(=O)N1CCN(C(=O)c2nc[nH]c2C)[C@H]2CS(=O)(=O)C[C@H]21. The molecule has 2 saturated heterocycles. The molecule has 0 unspecified atom stereocenters. The Kier molecular flexibility index (Phi) is 3.47. The molecule has 3 heterocycles. The van der Waals surface area contributed by atoms with E-state index in [1.807, 2.05) is 0 Å². The van der Waals surface area contributed by atoms with Crippen LogP contribution in [0.25, 0.3) is 0 Å². The molecule has 1 aromatic rings. The van der Waals surface area contributed by atoms with E-state index in [1.165, 1.54) is 13.3 Å². The molecule has 2 aliphatic heterocycles. The number of rotatable bonds is 1. The van der Waals surface area contributed by atoms with Gasteiger partial charge in [-0.25, -0.2) is 13.4 Å². The van der Waals surface area contributed by atoms with Crippen molar-refractivity contribution < 1.29 is 18.0 Å². The van der Waals surface area contributed by atoms with Crippen LogP contribution in [-0.2, 0) is 14.6 Å². The molecular weight excluding hydrogens is 308 g/mol. The lowest BCUT2D eigenvalue weighted by atomic mass is 10.0. The van der Waals surface area contributed by atoms with Crippen molar-refractivity contribution in [2.24, 2.45) is 0 Å². The fourth-order valence-electron chi connectivity index (χ4n) is 3.31. The lowest BCUT2D eigenvalue weighted by molar-refractivity contribution is -0.133. The Morgan fingerprint density at radius 2 is 1.82 bits per heavy atom. The molecule has 3 rings (SSSR count). The highest BCUT2D eigenvalue weighted by Crippen LogP contribution is 2.28. The third-order valence-electron chi connectivity index (χ3n) is 4.37. The number of fused-ring (bicyclic) bond motifs is 1. The normalized spacial score (nSPS) is 26.8. The molecular formula is C13H18N4O4S. The second kappa shape index (κ2) is 5.08. The Bertz CT molecular complexity index is 726. The maximum absolute atomic E-state index is 12.7. The Hall–Kier alpha value is -1.90. The quantitative estimate of drug-likeness (QED) is 0.727. The minimum atomic E-state index is -3.26. The van der Waals surface area contributed by atoms with E-state index < -0.39 is 21.9 Å². The van der Waals surface area contributed by atoms with Gasteiger partial charge in [0.25, 0.3) is 5.91 Å². The van der Waals surface area contributed by atoms with Gasteiger partial charge in [0.2, 0.25) is 5.91 Å². The Labute approximate surface area is 128 Å². The lowest BCUT2D eigenvalue weighted by Gasteiger charge is -2.43. The van der Waals surface area contributed by atoms with Crippen LogP contribution in [0.4, 0.5) is 0 Å². The Morgan fingerprint density at radius 3 is 2.36 bits per heavy atom. The summed E-state index contributed by atoms with van der Waals surface area (Å²) in [6, 6.07) is -0.953. The number of aryl methyl sites for hydroxylation is 1. The van der Waals surface area contributed by atoms with Crippen LogP contribution in [0.3, 0.4) is 0 Å². The lowest BCUT2D eigenvalue weighted by Crippen LogP contribution is -2.61. The van der Waals surface area contributed by atoms with E-state index in [0.29, 0.717) is 24.5 Å². The van der Waals surface area contributed by atoms with E-state index in [0.717, 1.165) is 0 Å². The molecule has 1 N–H and O–H groups in total. The summed E-state index contributed by atoms with van der Waals surface area (Å²) in [7, 11) is -3.26. The van der Waals surface area contributed by atoms with Crippen molar-refractivity contribution in [3.63, 3.8) is 0 Å². The summed E-state index contributed by atoms with van der Waals surface area (Å²) in [6.45, 7) is 3.84. The van der Waals surface area contributed by atoms with Crippen LogP contribution in [-0.4, -0.2) is 76.7 Å². The van der Waals surface area contributed by atoms with Crippen molar-refractivity contribution in [3.05, 3.63) is 17.7 Å². The van der Waals surface area contributed by atoms with Crippen LogP contribution < -0.4 is 0 Å². The number of nitrogens with one attached hydrogen (secondary N) is 1. The molecule has 9 heteroatoms. The second-order valence-electron chi connectivity index (χ2n) is 5.80. The standard InChI is InChI=1S/C13H18N4O4S/c1-8-12(15-7-14-8)13(19)17-4-3-16(9(2)18)10-5-22(20,21)6-11(10)17/h7,10-11H,3-6H2,1-2H3,(H,14,15)/t10-,11+/m1/s1. The van der Waals surface area contributed by atoms with Gasteiger partial charge in [-0.2, -0.15) is 0 Å². The topological polar surface area (TPSA) is 103 Å². The van der Waals surface area contributed by atoms with Gasteiger partial charge in [0, 0.05) is 25.7 Å². The maximum Gasteiger partial charge on any atom is 0.274 e. The van der Waals surface area contributed by atoms with Crippen LogP contribution in [0.15, 0.2) is 6.33 Å². The van der Waals surface area contributed by atoms with Crippen molar-refractivity contribution in [1.29, 1.82) is 0 Å². The van der Waals surface area contributed by atoms with Gasteiger partial charge in [0.05, 0.1) is 29.9 Å². The first-order chi connectivity index (χ1) is 10.3. The van der Waals surface area contributed by atoms with Crippen LogP contribution in [0, 0.1) is 6.92 Å². The van der Waals surface area contributed by atoms with Crippen LogP contribution >= 0.6 is 0 Å². The number of nitrogens with zero attached hydrogens (tertiary/aromatic N) is 3. The predicted octanol–water partition coefficient (Wildman–Crippen LogP) is -0.812. The minimum Gasteiger partial charge on any atom is -0.348 e. The molecule has 0 spiro atoms. The van der Waals surface area contributed by atoms with Gasteiger partial charge in [-0.15, -0.1) is 0 Å². The highest BCUT2D eigenvalue weighted by Gasteiger charge is 2.49. The summed E-state index contributed by atoms with van der Waals surface area (Å²) in [5.41, 5.74) is 0.954. The van der Waals surface area contributed by atoms with Crippen molar-refractivity contribution in [3.8, 4) is 0 Å². The van der Waals surface area contributed by atoms with Gasteiger partial charge in [0.1, 0.15) is 5.69 Å². The zero-order valence-corrected chi connectivity index (χ0v) is 13.3. The summed E-state index contributed by atoms with van der Waals surface area (Å²) in [5.74, 6) is -0.624. The Balaban J connectivity index is 1.93. The van der Waals surface area contributed by atoms with E-state index in [2.05, 4.69) is 9.97 Å². The third kappa shape index (κ3) is 2.39. The number of hydrogen-bond acceptors (Lipinski definition) is 5. The minimum absolute atomic E-state index is 0.0828. The van der Waals surface area contributed by atoms with E-state index in [4.69, 9.17) is 0 Å². The van der Waals surface area contributed by atoms with Crippen molar-refractivity contribution in [2.45, 2.75) is 25.9 Å². The number of H-pyrrole nitrogens is 1. The number of aromatic nitrogens is 2. The fourth-order valence-corrected chi connectivity index (χ4v) is 5.29. The van der Waals surface area contributed by atoms with E-state index in [-0.39, 0.29) is 23.3 Å². The van der Waals surface area contributed by atoms with Crippen LogP contribution in [0.1, 0.15) is 23.1 Å². The molecule has 8 nitrogen and oxygen atoms in total. The summed E-state index contributed by atoms with van der Waals surface area (Å²) >= 11 is 0. The molecule has 0 bridgehead atoms. The van der Waals surface area contributed by atoms with Crippen molar-refractivity contribution >= 4 is 21.7 Å². The number of amides is 2. The van der Waals surface area contributed by atoms with Gasteiger partial charge in [-0.3, -0.25) is 9.59 Å². The van der Waals surface area contributed by atoms with E-state index in [9.17, 15) is 18.0 Å². The number of imidazole rings is 1. The van der Waals surface area contributed by atoms with E-state index in [1.54, 1.807) is 16.7 Å². The van der Waals surface area contributed by atoms with Crippen molar-refractivity contribution in [2.75, 3.05) is 24.6 Å². The molecule has 2 amide bonds. The Morgan fingerprint density at radius 1 is 1.23 bits per heavy atom. The van der Waals surface area contributed by atoms with Gasteiger partial charge in [-0.1, -0.05) is 0 Å². The molecule has 120 valence electrons. The first-order valence-electron chi connectivity index (χ1n) is 7.09. The highest BCUT2D eigenvalue weighted by molar-refractivity contribution is 7.91. The van der Waals surface area contributed by atoms with Crippen LogP contribution in [0.2, 0.25) is 0 Å². The predicted molar refractivity (Wildman–Crippen MR) is 78.0 cm³/mol. The molecule has 0 aromatic carbocycles. The number of hydrogen-bond donors (Lipinski definition) is 1.